The van der Waals surface area contributed by atoms with Crippen LogP contribution in [-0.2, 0) is 6.42 Å². The van der Waals surface area contributed by atoms with Crippen molar-refractivity contribution in [3.63, 3.8) is 0 Å². The third kappa shape index (κ3) is 1.92. The quantitative estimate of drug-likeness (QED) is 0.937. The van der Waals surface area contributed by atoms with Crippen LogP contribution < -0.4 is 10.5 Å². The maximum Gasteiger partial charge on any atom is 0.199 e. The third-order valence-corrected chi connectivity index (χ3v) is 2.95. The molecule has 0 aliphatic heterocycles. The lowest BCUT2D eigenvalue weighted by molar-refractivity contribution is 0.389. The average molecular weight is 284 g/mol. The van der Waals surface area contributed by atoms with Crippen molar-refractivity contribution < 1.29 is 4.74 Å². The predicted molar refractivity (Wildman–Crippen MR) is 66.8 cm³/mol. The van der Waals surface area contributed by atoms with E-state index in [2.05, 4.69) is 20.9 Å². The zero-order valence-corrected chi connectivity index (χ0v) is 10.9. The van der Waals surface area contributed by atoms with Gasteiger partial charge in [0.15, 0.2) is 5.88 Å². The van der Waals surface area contributed by atoms with Crippen LogP contribution in [0.3, 0.4) is 0 Å². The largest absolute Gasteiger partial charge is 0.482 e. The Labute approximate surface area is 103 Å². The van der Waals surface area contributed by atoms with E-state index in [0.29, 0.717) is 6.42 Å². The molecule has 0 saturated carbocycles. The first-order valence-electron chi connectivity index (χ1n) is 5.09. The highest BCUT2D eigenvalue weighted by Crippen LogP contribution is 2.24. The summed E-state index contributed by atoms with van der Waals surface area (Å²) >= 11 is 3.44. The highest BCUT2D eigenvalue weighted by atomic mass is 79.9. The molecule has 0 amide bonds. The number of imidazole rings is 1. The van der Waals surface area contributed by atoms with Crippen molar-refractivity contribution in [2.75, 3.05) is 7.11 Å². The standard InChI is InChI=1S/C11H14BrN3O/c1-7(13)6-9-14-11(12)8-4-3-5-10(16-2)15(8)9/h3-5,7H,6,13H2,1-2H3. The van der Waals surface area contributed by atoms with Crippen molar-refractivity contribution in [3.8, 4) is 5.88 Å². The number of nitrogens with zero attached hydrogens (tertiary/aromatic N) is 2. The fraction of sp³-hybridized carbons (Fsp3) is 0.364. The maximum absolute atomic E-state index is 5.81. The van der Waals surface area contributed by atoms with Gasteiger partial charge in [-0.3, -0.25) is 4.40 Å². The van der Waals surface area contributed by atoms with Crippen LogP contribution in [0.2, 0.25) is 0 Å². The predicted octanol–water partition coefficient (Wildman–Crippen LogP) is 2.00. The number of ether oxygens (including phenoxy) is 1. The lowest BCUT2D eigenvalue weighted by Gasteiger charge is -2.08. The zero-order chi connectivity index (χ0) is 11.7. The van der Waals surface area contributed by atoms with Crippen LogP contribution in [0.25, 0.3) is 5.52 Å². The Kier molecular flexibility index (Phi) is 3.16. The summed E-state index contributed by atoms with van der Waals surface area (Å²) in [5.41, 5.74) is 6.80. The highest BCUT2D eigenvalue weighted by Gasteiger charge is 2.13. The molecule has 5 heteroatoms. The van der Waals surface area contributed by atoms with Gasteiger partial charge in [0.2, 0.25) is 0 Å². The van der Waals surface area contributed by atoms with Gasteiger partial charge in [-0.15, -0.1) is 0 Å². The highest BCUT2D eigenvalue weighted by molar-refractivity contribution is 9.10. The summed E-state index contributed by atoms with van der Waals surface area (Å²) in [4.78, 5) is 4.46. The molecule has 0 bridgehead atoms. The summed E-state index contributed by atoms with van der Waals surface area (Å²) in [5, 5.41) is 0. The molecule has 0 aliphatic carbocycles. The summed E-state index contributed by atoms with van der Waals surface area (Å²) in [6, 6.07) is 5.91. The van der Waals surface area contributed by atoms with Gasteiger partial charge in [-0.2, -0.15) is 0 Å². The SMILES string of the molecule is COc1cccc2c(Br)nc(CC(C)N)n12. The van der Waals surface area contributed by atoms with Gasteiger partial charge < -0.3 is 10.5 Å². The van der Waals surface area contributed by atoms with E-state index in [0.717, 1.165) is 21.8 Å². The van der Waals surface area contributed by atoms with Crippen molar-refractivity contribution >= 4 is 21.4 Å². The second kappa shape index (κ2) is 4.43. The lowest BCUT2D eigenvalue weighted by Crippen LogP contribution is -2.19. The fourth-order valence-electron chi connectivity index (χ4n) is 1.72. The van der Waals surface area contributed by atoms with E-state index in [-0.39, 0.29) is 6.04 Å². The number of pyridine rings is 1. The van der Waals surface area contributed by atoms with E-state index in [4.69, 9.17) is 10.5 Å². The van der Waals surface area contributed by atoms with Crippen LogP contribution in [-0.4, -0.2) is 22.5 Å². The van der Waals surface area contributed by atoms with Crippen molar-refractivity contribution in [1.29, 1.82) is 0 Å². The molecule has 2 aromatic rings. The summed E-state index contributed by atoms with van der Waals surface area (Å²) in [7, 11) is 1.65. The smallest absolute Gasteiger partial charge is 0.199 e. The number of nitrogens with two attached hydrogens (primary N) is 1. The van der Waals surface area contributed by atoms with Crippen LogP contribution in [0.5, 0.6) is 5.88 Å². The molecule has 1 unspecified atom stereocenters. The normalized spacial score (nSPS) is 13.0. The van der Waals surface area contributed by atoms with Crippen molar-refractivity contribution in [1.82, 2.24) is 9.38 Å². The topological polar surface area (TPSA) is 52.5 Å². The average Bonchev–Trinajstić information content (AvgIpc) is 2.55. The molecule has 4 nitrogen and oxygen atoms in total. The van der Waals surface area contributed by atoms with Gasteiger partial charge in [0.1, 0.15) is 10.4 Å². The number of halogens is 1. The van der Waals surface area contributed by atoms with Gasteiger partial charge in [-0.05, 0) is 35.0 Å². The molecule has 0 aromatic carbocycles. The Morgan fingerprint density at radius 3 is 2.94 bits per heavy atom. The van der Waals surface area contributed by atoms with Gasteiger partial charge in [0.25, 0.3) is 0 Å². The molecular weight excluding hydrogens is 270 g/mol. The van der Waals surface area contributed by atoms with E-state index in [9.17, 15) is 0 Å². The molecule has 0 spiro atoms. The molecule has 1 atom stereocenters. The minimum atomic E-state index is 0.0717. The summed E-state index contributed by atoms with van der Waals surface area (Å²) in [6.45, 7) is 1.96. The molecule has 16 heavy (non-hydrogen) atoms. The second-order valence-corrected chi connectivity index (χ2v) is 4.54. The lowest BCUT2D eigenvalue weighted by atomic mass is 10.2. The van der Waals surface area contributed by atoms with Crippen LogP contribution in [0.1, 0.15) is 12.7 Å². The van der Waals surface area contributed by atoms with Crippen LogP contribution in [0, 0.1) is 0 Å². The number of rotatable bonds is 3. The van der Waals surface area contributed by atoms with Crippen LogP contribution >= 0.6 is 15.9 Å². The van der Waals surface area contributed by atoms with Crippen molar-refractivity contribution in [2.45, 2.75) is 19.4 Å². The molecule has 0 fully saturated rings. The molecule has 2 aromatic heterocycles. The monoisotopic (exact) mass is 283 g/mol. The van der Waals surface area contributed by atoms with E-state index in [1.54, 1.807) is 7.11 Å². The molecule has 2 heterocycles. The maximum atomic E-state index is 5.81. The van der Waals surface area contributed by atoms with Gasteiger partial charge in [0.05, 0.1) is 12.6 Å². The summed E-state index contributed by atoms with van der Waals surface area (Å²) < 4.78 is 8.13. The second-order valence-electron chi connectivity index (χ2n) is 3.79. The van der Waals surface area contributed by atoms with Crippen molar-refractivity contribution in [3.05, 3.63) is 28.6 Å². The first-order valence-corrected chi connectivity index (χ1v) is 5.88. The number of aromatic nitrogens is 2. The third-order valence-electron chi connectivity index (χ3n) is 2.36. The minimum Gasteiger partial charge on any atom is -0.482 e. The van der Waals surface area contributed by atoms with E-state index in [1.165, 1.54) is 0 Å². The molecule has 2 N–H and O–H groups in total. The van der Waals surface area contributed by atoms with Crippen LogP contribution in [0.15, 0.2) is 22.8 Å². The van der Waals surface area contributed by atoms with E-state index < -0.39 is 0 Å². The summed E-state index contributed by atoms with van der Waals surface area (Å²) in [5.74, 6) is 1.68. The fourth-order valence-corrected chi connectivity index (χ4v) is 2.24. The van der Waals surface area contributed by atoms with E-state index in [1.807, 2.05) is 29.5 Å². The molecule has 2 rings (SSSR count). The van der Waals surface area contributed by atoms with Gasteiger partial charge in [-0.25, -0.2) is 4.98 Å². The van der Waals surface area contributed by atoms with E-state index >= 15 is 0 Å². The van der Waals surface area contributed by atoms with Crippen molar-refractivity contribution in [2.24, 2.45) is 5.73 Å². The molecule has 0 radical (unpaired) electrons. The molecule has 0 aliphatic rings. The Balaban J connectivity index is 2.64. The first kappa shape index (κ1) is 11.4. The number of methoxy groups -OCH3 is 1. The van der Waals surface area contributed by atoms with Crippen LogP contribution in [0.4, 0.5) is 0 Å². The Morgan fingerprint density at radius 2 is 2.31 bits per heavy atom. The Hall–Kier alpha value is -1.07. The van der Waals surface area contributed by atoms with Gasteiger partial charge >= 0.3 is 0 Å². The Bertz CT molecular complexity index is 507. The molecule has 0 saturated heterocycles. The number of fused-ring (bicyclic) bond motifs is 1. The zero-order valence-electron chi connectivity index (χ0n) is 9.27. The summed E-state index contributed by atoms with van der Waals surface area (Å²) in [6.07, 6.45) is 0.715. The number of hydrogen-bond acceptors (Lipinski definition) is 3. The molecule has 86 valence electrons. The minimum absolute atomic E-state index is 0.0717. The molecular formula is C11H14BrN3O. The Morgan fingerprint density at radius 1 is 1.56 bits per heavy atom. The number of hydrogen-bond donors (Lipinski definition) is 1. The van der Waals surface area contributed by atoms with Gasteiger partial charge in [0, 0.05) is 12.5 Å². The van der Waals surface area contributed by atoms with Gasteiger partial charge in [-0.1, -0.05) is 6.07 Å². The first-order chi connectivity index (χ1) is 7.63.